The molecular weight excluding hydrogens is 228 g/mol. The Bertz CT molecular complexity index is 453. The number of furan rings is 1. The van der Waals surface area contributed by atoms with Crippen molar-refractivity contribution in [1.29, 1.82) is 5.26 Å². The maximum Gasteiger partial charge on any atom is 0.288 e. The van der Waals surface area contributed by atoms with E-state index in [1.165, 1.54) is 12.7 Å². The first-order valence-electron chi connectivity index (χ1n) is 6.47. The van der Waals surface area contributed by atoms with E-state index in [4.69, 9.17) is 4.42 Å². The molecule has 1 heterocycles. The van der Waals surface area contributed by atoms with Gasteiger partial charge in [-0.2, -0.15) is 5.26 Å². The summed E-state index contributed by atoms with van der Waals surface area (Å²) >= 11 is 0. The zero-order valence-electron chi connectivity index (χ0n) is 10.6. The zero-order chi connectivity index (χ0) is 13.0. The summed E-state index contributed by atoms with van der Waals surface area (Å²) in [5, 5.41) is 12.0. The van der Waals surface area contributed by atoms with Gasteiger partial charge in [0.15, 0.2) is 5.76 Å². The molecule has 0 radical (unpaired) electrons. The lowest BCUT2D eigenvalue weighted by atomic mass is 9.84. The number of nitriles is 1. The van der Waals surface area contributed by atoms with Crippen molar-refractivity contribution in [3.8, 4) is 6.07 Å². The molecular formula is C14H18N2O2. The molecule has 1 aliphatic carbocycles. The van der Waals surface area contributed by atoms with Crippen molar-refractivity contribution in [1.82, 2.24) is 5.32 Å². The minimum atomic E-state index is -0.401. The second-order valence-corrected chi connectivity index (χ2v) is 4.91. The van der Waals surface area contributed by atoms with E-state index in [0.29, 0.717) is 5.76 Å². The predicted octanol–water partition coefficient (Wildman–Crippen LogP) is 2.79. The van der Waals surface area contributed by atoms with Gasteiger partial charge in [-0.1, -0.05) is 19.3 Å². The highest BCUT2D eigenvalue weighted by Crippen LogP contribution is 2.26. The molecule has 18 heavy (non-hydrogen) atoms. The van der Waals surface area contributed by atoms with Crippen LogP contribution in [0.3, 0.4) is 0 Å². The van der Waals surface area contributed by atoms with Crippen LogP contribution in [0.25, 0.3) is 0 Å². The largest absolute Gasteiger partial charge is 0.459 e. The van der Waals surface area contributed by atoms with E-state index in [2.05, 4.69) is 11.4 Å². The van der Waals surface area contributed by atoms with Crippen LogP contribution < -0.4 is 5.32 Å². The molecule has 0 aromatic carbocycles. The van der Waals surface area contributed by atoms with E-state index >= 15 is 0 Å². The first kappa shape index (κ1) is 12.7. The Hall–Kier alpha value is -1.76. The van der Waals surface area contributed by atoms with Crippen LogP contribution in [0.15, 0.2) is 16.7 Å². The Morgan fingerprint density at radius 2 is 2.22 bits per heavy atom. The second kappa shape index (κ2) is 5.72. The summed E-state index contributed by atoms with van der Waals surface area (Å²) in [6, 6.07) is 3.56. The molecule has 1 saturated carbocycles. The van der Waals surface area contributed by atoms with Gasteiger partial charge in [-0.3, -0.25) is 4.79 Å². The number of nitrogens with zero attached hydrogens (tertiary/aromatic N) is 1. The normalized spacial score (nSPS) is 18.0. The highest BCUT2D eigenvalue weighted by Gasteiger charge is 2.26. The third-order valence-electron chi connectivity index (χ3n) is 3.62. The van der Waals surface area contributed by atoms with Crippen molar-refractivity contribution >= 4 is 5.91 Å². The number of aryl methyl sites for hydroxylation is 1. The number of hydrogen-bond acceptors (Lipinski definition) is 3. The highest BCUT2D eigenvalue weighted by atomic mass is 16.3. The third kappa shape index (κ3) is 2.73. The lowest BCUT2D eigenvalue weighted by Crippen LogP contribution is -2.40. The maximum absolute atomic E-state index is 12.0. The lowest BCUT2D eigenvalue weighted by molar-refractivity contribution is 0.0900. The van der Waals surface area contributed by atoms with Gasteiger partial charge >= 0.3 is 0 Å². The molecule has 96 valence electrons. The average molecular weight is 246 g/mol. The molecule has 2 rings (SSSR count). The molecule has 0 spiro atoms. The number of hydrogen-bond donors (Lipinski definition) is 1. The van der Waals surface area contributed by atoms with Gasteiger partial charge in [0.05, 0.1) is 12.3 Å². The molecule has 1 N–H and O–H groups in total. The van der Waals surface area contributed by atoms with Crippen LogP contribution in [-0.4, -0.2) is 11.9 Å². The van der Waals surface area contributed by atoms with Crippen LogP contribution in [0.2, 0.25) is 0 Å². The molecule has 1 unspecified atom stereocenters. The van der Waals surface area contributed by atoms with Crippen molar-refractivity contribution in [2.75, 3.05) is 0 Å². The topological polar surface area (TPSA) is 66.0 Å². The second-order valence-electron chi connectivity index (χ2n) is 4.91. The van der Waals surface area contributed by atoms with Gasteiger partial charge in [0.25, 0.3) is 5.91 Å². The SMILES string of the molecule is Cc1ccoc1C(=O)NC(C#N)C1CCCCC1. The summed E-state index contributed by atoms with van der Waals surface area (Å²) in [6.45, 7) is 1.82. The number of rotatable bonds is 3. The Kier molecular flexibility index (Phi) is 4.03. The monoisotopic (exact) mass is 246 g/mol. The van der Waals surface area contributed by atoms with Crippen LogP contribution in [0.4, 0.5) is 0 Å². The van der Waals surface area contributed by atoms with Gasteiger partial charge in [-0.25, -0.2) is 0 Å². The summed E-state index contributed by atoms with van der Waals surface area (Å²) in [6.07, 6.45) is 7.08. The molecule has 1 amide bonds. The van der Waals surface area contributed by atoms with Crippen molar-refractivity contribution in [3.63, 3.8) is 0 Å². The van der Waals surface area contributed by atoms with E-state index in [9.17, 15) is 10.1 Å². The maximum atomic E-state index is 12.0. The Balaban J connectivity index is 2.00. The van der Waals surface area contributed by atoms with Gasteiger partial charge < -0.3 is 9.73 Å². The molecule has 1 aromatic rings. The quantitative estimate of drug-likeness (QED) is 0.891. The molecule has 4 heteroatoms. The predicted molar refractivity (Wildman–Crippen MR) is 66.9 cm³/mol. The van der Waals surface area contributed by atoms with Crippen LogP contribution in [0, 0.1) is 24.2 Å². The Morgan fingerprint density at radius 3 is 2.78 bits per heavy atom. The smallest absolute Gasteiger partial charge is 0.288 e. The summed E-state index contributed by atoms with van der Waals surface area (Å²) in [4.78, 5) is 12.0. The van der Waals surface area contributed by atoms with Crippen LogP contribution in [0.1, 0.15) is 48.2 Å². The van der Waals surface area contributed by atoms with Crippen molar-refractivity contribution in [2.45, 2.75) is 45.1 Å². The van der Waals surface area contributed by atoms with Crippen molar-refractivity contribution < 1.29 is 9.21 Å². The summed E-state index contributed by atoms with van der Waals surface area (Å²) < 4.78 is 5.14. The Labute approximate surface area is 107 Å². The molecule has 0 saturated heterocycles. The minimum Gasteiger partial charge on any atom is -0.459 e. The van der Waals surface area contributed by atoms with Crippen LogP contribution in [0.5, 0.6) is 0 Å². The molecule has 1 atom stereocenters. The fourth-order valence-electron chi connectivity index (χ4n) is 2.54. The van der Waals surface area contributed by atoms with E-state index in [0.717, 1.165) is 31.2 Å². The van der Waals surface area contributed by atoms with E-state index in [-0.39, 0.29) is 11.8 Å². The van der Waals surface area contributed by atoms with Gasteiger partial charge in [-0.15, -0.1) is 0 Å². The fraction of sp³-hybridized carbons (Fsp3) is 0.571. The average Bonchev–Trinajstić information content (AvgIpc) is 2.83. The van der Waals surface area contributed by atoms with Gasteiger partial charge in [0, 0.05) is 5.56 Å². The third-order valence-corrected chi connectivity index (χ3v) is 3.62. The minimum absolute atomic E-state index is 0.281. The summed E-state index contributed by atoms with van der Waals surface area (Å²) in [7, 11) is 0. The molecule has 4 nitrogen and oxygen atoms in total. The molecule has 1 aliphatic rings. The first-order valence-corrected chi connectivity index (χ1v) is 6.47. The van der Waals surface area contributed by atoms with Gasteiger partial charge in [0.1, 0.15) is 6.04 Å². The number of carbonyl (C=O) groups is 1. The first-order chi connectivity index (χ1) is 8.72. The van der Waals surface area contributed by atoms with E-state index < -0.39 is 6.04 Å². The van der Waals surface area contributed by atoms with E-state index in [1.54, 1.807) is 6.07 Å². The molecule has 0 aliphatic heterocycles. The zero-order valence-corrected chi connectivity index (χ0v) is 10.6. The Morgan fingerprint density at radius 1 is 1.50 bits per heavy atom. The molecule has 1 fully saturated rings. The summed E-state index contributed by atoms with van der Waals surface area (Å²) in [5.74, 6) is 0.309. The van der Waals surface area contributed by atoms with Crippen molar-refractivity contribution in [2.24, 2.45) is 5.92 Å². The van der Waals surface area contributed by atoms with Crippen LogP contribution >= 0.6 is 0 Å². The number of carbonyl (C=O) groups excluding carboxylic acids is 1. The highest BCUT2D eigenvalue weighted by molar-refractivity contribution is 5.93. The number of amides is 1. The standard InChI is InChI=1S/C14H18N2O2/c1-10-7-8-18-13(10)14(17)16-12(9-15)11-5-3-2-4-6-11/h7-8,11-12H,2-6H2,1H3,(H,16,17). The number of nitrogens with one attached hydrogen (secondary N) is 1. The molecule has 0 bridgehead atoms. The van der Waals surface area contributed by atoms with Crippen molar-refractivity contribution in [3.05, 3.63) is 23.7 Å². The summed E-state index contributed by atoms with van der Waals surface area (Å²) in [5.41, 5.74) is 0.799. The van der Waals surface area contributed by atoms with Gasteiger partial charge in [0.2, 0.25) is 0 Å². The lowest BCUT2D eigenvalue weighted by Gasteiger charge is -2.26. The van der Waals surface area contributed by atoms with Crippen LogP contribution in [-0.2, 0) is 0 Å². The fourth-order valence-corrected chi connectivity index (χ4v) is 2.54. The van der Waals surface area contributed by atoms with E-state index in [1.807, 2.05) is 6.92 Å². The molecule has 1 aromatic heterocycles. The van der Waals surface area contributed by atoms with Gasteiger partial charge in [-0.05, 0) is 31.7 Å².